The van der Waals surface area contributed by atoms with Gasteiger partial charge in [0.2, 0.25) is 5.82 Å². The number of hydrogen-bond acceptors (Lipinski definition) is 4. The van der Waals surface area contributed by atoms with E-state index >= 15 is 0 Å². The predicted octanol–water partition coefficient (Wildman–Crippen LogP) is 1.39. The first-order valence-corrected chi connectivity index (χ1v) is 5.29. The van der Waals surface area contributed by atoms with E-state index in [1.165, 1.54) is 12.1 Å². The fourth-order valence-electron chi connectivity index (χ4n) is 1.37. The normalized spacial score (nSPS) is 10.8. The van der Waals surface area contributed by atoms with Crippen LogP contribution in [0, 0.1) is 15.9 Å². The molecular formula is C11H16FN3O2. The Labute approximate surface area is 99.4 Å². The molecule has 0 saturated heterocycles. The summed E-state index contributed by atoms with van der Waals surface area (Å²) < 4.78 is 13.6. The van der Waals surface area contributed by atoms with Crippen molar-refractivity contribution in [1.82, 2.24) is 10.2 Å². The smallest absolute Gasteiger partial charge is 0.305 e. The topological polar surface area (TPSA) is 58.4 Å². The summed E-state index contributed by atoms with van der Waals surface area (Å²) >= 11 is 0. The number of benzene rings is 1. The first kappa shape index (κ1) is 13.5. The van der Waals surface area contributed by atoms with Gasteiger partial charge in [-0.1, -0.05) is 12.1 Å². The zero-order chi connectivity index (χ0) is 12.8. The van der Waals surface area contributed by atoms with Crippen LogP contribution in [0.4, 0.5) is 10.1 Å². The monoisotopic (exact) mass is 241 g/mol. The van der Waals surface area contributed by atoms with Crippen molar-refractivity contribution in [2.24, 2.45) is 0 Å². The van der Waals surface area contributed by atoms with Crippen LogP contribution in [0.5, 0.6) is 0 Å². The molecule has 0 heterocycles. The van der Waals surface area contributed by atoms with Crippen molar-refractivity contribution in [3.05, 3.63) is 39.7 Å². The van der Waals surface area contributed by atoms with Crippen molar-refractivity contribution in [2.45, 2.75) is 6.54 Å². The zero-order valence-corrected chi connectivity index (χ0v) is 9.94. The number of nitrogens with zero attached hydrogens (tertiary/aromatic N) is 2. The van der Waals surface area contributed by atoms with Gasteiger partial charge in [0.25, 0.3) is 0 Å². The van der Waals surface area contributed by atoms with Gasteiger partial charge in [-0.2, -0.15) is 4.39 Å². The second kappa shape index (κ2) is 6.27. The lowest BCUT2D eigenvalue weighted by Gasteiger charge is -2.10. The fraction of sp³-hybridized carbons (Fsp3) is 0.455. The molecule has 5 nitrogen and oxygen atoms in total. The summed E-state index contributed by atoms with van der Waals surface area (Å²) in [5.41, 5.74) is -0.158. The number of halogens is 1. The first-order valence-electron chi connectivity index (χ1n) is 5.29. The molecule has 0 aliphatic rings. The molecule has 0 fully saturated rings. The number of nitro benzene ring substituents is 1. The molecule has 0 aliphatic heterocycles. The minimum atomic E-state index is -0.755. The van der Waals surface area contributed by atoms with Gasteiger partial charge < -0.3 is 10.2 Å². The molecule has 1 N–H and O–H groups in total. The summed E-state index contributed by atoms with van der Waals surface area (Å²) in [7, 11) is 3.88. The van der Waals surface area contributed by atoms with Gasteiger partial charge >= 0.3 is 5.69 Å². The molecule has 0 unspecified atom stereocenters. The highest BCUT2D eigenvalue weighted by molar-refractivity contribution is 5.36. The van der Waals surface area contributed by atoms with Gasteiger partial charge in [-0.3, -0.25) is 10.1 Å². The molecule has 0 saturated carbocycles. The first-order chi connectivity index (χ1) is 8.02. The van der Waals surface area contributed by atoms with Crippen LogP contribution in [-0.4, -0.2) is 37.0 Å². The minimum Gasteiger partial charge on any atom is -0.311 e. The van der Waals surface area contributed by atoms with Crippen LogP contribution in [0.15, 0.2) is 18.2 Å². The molecule has 6 heteroatoms. The van der Waals surface area contributed by atoms with E-state index in [2.05, 4.69) is 5.32 Å². The number of nitrogens with one attached hydrogen (secondary N) is 1. The second-order valence-corrected chi connectivity index (χ2v) is 3.99. The van der Waals surface area contributed by atoms with Crippen molar-refractivity contribution in [2.75, 3.05) is 27.2 Å². The summed E-state index contributed by atoms with van der Waals surface area (Å²) in [5, 5.41) is 13.6. The quantitative estimate of drug-likeness (QED) is 0.464. The maximum atomic E-state index is 13.6. The molecular weight excluding hydrogens is 225 g/mol. The number of hydrogen-bond donors (Lipinski definition) is 1. The van der Waals surface area contributed by atoms with E-state index in [4.69, 9.17) is 0 Å². The Balaban J connectivity index is 2.59. The van der Waals surface area contributed by atoms with Gasteiger partial charge in [0.15, 0.2) is 0 Å². The molecule has 0 aromatic heterocycles. The van der Waals surface area contributed by atoms with Crippen molar-refractivity contribution in [3.63, 3.8) is 0 Å². The third kappa shape index (κ3) is 4.08. The molecule has 0 atom stereocenters. The van der Waals surface area contributed by atoms with Gasteiger partial charge in [-0.05, 0) is 14.1 Å². The lowest BCUT2D eigenvalue weighted by Crippen LogP contribution is -2.26. The predicted molar refractivity (Wildman–Crippen MR) is 63.3 cm³/mol. The number of nitro groups is 1. The lowest BCUT2D eigenvalue weighted by molar-refractivity contribution is -0.387. The third-order valence-corrected chi connectivity index (χ3v) is 2.31. The molecule has 94 valence electrons. The van der Waals surface area contributed by atoms with Crippen molar-refractivity contribution in [3.8, 4) is 0 Å². The maximum Gasteiger partial charge on any atom is 0.305 e. The number of rotatable bonds is 6. The molecule has 17 heavy (non-hydrogen) atoms. The van der Waals surface area contributed by atoms with Gasteiger partial charge in [-0.15, -0.1) is 0 Å². The van der Waals surface area contributed by atoms with E-state index < -0.39 is 16.4 Å². The van der Waals surface area contributed by atoms with E-state index in [-0.39, 0.29) is 0 Å². The molecule has 0 bridgehead atoms. The van der Waals surface area contributed by atoms with Crippen molar-refractivity contribution < 1.29 is 9.31 Å². The highest BCUT2D eigenvalue weighted by atomic mass is 19.1. The Hall–Kier alpha value is -1.53. The minimum absolute atomic E-state index is 0.293. The van der Waals surface area contributed by atoms with Crippen molar-refractivity contribution >= 4 is 5.69 Å². The Morgan fingerprint density at radius 2 is 2.18 bits per heavy atom. The van der Waals surface area contributed by atoms with E-state index in [1.807, 2.05) is 19.0 Å². The average Bonchev–Trinajstić information content (AvgIpc) is 2.25. The van der Waals surface area contributed by atoms with Crippen LogP contribution < -0.4 is 5.32 Å². The van der Waals surface area contributed by atoms with E-state index in [9.17, 15) is 14.5 Å². The summed E-state index contributed by atoms with van der Waals surface area (Å²) in [5.74, 6) is -0.755. The standard InChI is InChI=1S/C11H16FN3O2/c1-14(2)7-6-13-8-9-4-3-5-10(11(9)12)15(16)17/h3-5,13H,6-8H2,1-2H3. The Kier molecular flexibility index (Phi) is 4.99. The molecule has 1 aromatic carbocycles. The molecule has 0 spiro atoms. The molecule has 0 aliphatic carbocycles. The van der Waals surface area contributed by atoms with Gasteiger partial charge in [-0.25, -0.2) is 0 Å². The van der Waals surface area contributed by atoms with Crippen LogP contribution in [0.3, 0.4) is 0 Å². The van der Waals surface area contributed by atoms with E-state index in [0.29, 0.717) is 18.7 Å². The van der Waals surface area contributed by atoms with Crippen LogP contribution in [0.25, 0.3) is 0 Å². The lowest BCUT2D eigenvalue weighted by atomic mass is 10.2. The van der Waals surface area contributed by atoms with Crippen LogP contribution >= 0.6 is 0 Å². The van der Waals surface area contributed by atoms with Crippen LogP contribution in [-0.2, 0) is 6.54 Å². The summed E-state index contributed by atoms with van der Waals surface area (Å²) in [6.07, 6.45) is 0. The van der Waals surface area contributed by atoms with Crippen LogP contribution in [0.2, 0.25) is 0 Å². The zero-order valence-electron chi connectivity index (χ0n) is 9.94. The Morgan fingerprint density at radius 3 is 2.76 bits per heavy atom. The summed E-state index contributed by atoms with van der Waals surface area (Å²) in [6, 6.07) is 4.20. The third-order valence-electron chi connectivity index (χ3n) is 2.31. The molecule has 1 rings (SSSR count). The van der Waals surface area contributed by atoms with Crippen molar-refractivity contribution in [1.29, 1.82) is 0 Å². The fourth-order valence-corrected chi connectivity index (χ4v) is 1.37. The summed E-state index contributed by atoms with van der Waals surface area (Å²) in [6.45, 7) is 1.83. The highest BCUT2D eigenvalue weighted by Gasteiger charge is 2.16. The second-order valence-electron chi connectivity index (χ2n) is 3.99. The molecule has 1 aromatic rings. The van der Waals surface area contributed by atoms with Gasteiger partial charge in [0.1, 0.15) is 0 Å². The van der Waals surface area contributed by atoms with E-state index in [1.54, 1.807) is 6.07 Å². The van der Waals surface area contributed by atoms with Crippen LogP contribution in [0.1, 0.15) is 5.56 Å². The van der Waals surface area contributed by atoms with Gasteiger partial charge in [0, 0.05) is 31.3 Å². The SMILES string of the molecule is CN(C)CCNCc1cccc([N+](=O)[O-])c1F. The summed E-state index contributed by atoms with van der Waals surface area (Å²) in [4.78, 5) is 11.8. The number of likely N-dealkylation sites (N-methyl/N-ethyl adjacent to an activating group) is 1. The molecule has 0 amide bonds. The largest absolute Gasteiger partial charge is 0.311 e. The average molecular weight is 241 g/mol. The Morgan fingerprint density at radius 1 is 1.47 bits per heavy atom. The highest BCUT2D eigenvalue weighted by Crippen LogP contribution is 2.19. The Bertz CT molecular complexity index is 396. The van der Waals surface area contributed by atoms with Gasteiger partial charge in [0.05, 0.1) is 4.92 Å². The molecule has 0 radical (unpaired) electrons. The van der Waals surface area contributed by atoms with E-state index in [0.717, 1.165) is 6.54 Å². The maximum absolute atomic E-state index is 13.6.